The normalized spacial score (nSPS) is 22.7. The van der Waals surface area contributed by atoms with Crippen molar-refractivity contribution in [2.45, 2.75) is 46.2 Å². The predicted molar refractivity (Wildman–Crippen MR) is 107 cm³/mol. The number of benzene rings is 1. The zero-order valence-corrected chi connectivity index (χ0v) is 16.1. The highest BCUT2D eigenvalue weighted by Gasteiger charge is 2.45. The van der Waals surface area contributed by atoms with Gasteiger partial charge in [0.25, 0.3) is 0 Å². The van der Waals surface area contributed by atoms with Gasteiger partial charge in [-0.3, -0.25) is 0 Å². The summed E-state index contributed by atoms with van der Waals surface area (Å²) in [5.74, 6) is 0. The van der Waals surface area contributed by atoms with Crippen LogP contribution in [0.3, 0.4) is 0 Å². The molecule has 4 heterocycles. The number of quaternary nitrogens is 1. The lowest BCUT2D eigenvalue weighted by Crippen LogP contribution is -2.56. The van der Waals surface area contributed by atoms with Crippen LogP contribution in [-0.4, -0.2) is 41.8 Å². The zero-order valence-electron chi connectivity index (χ0n) is 16.1. The highest BCUT2D eigenvalue weighted by Crippen LogP contribution is 2.41. The second-order valence-electron chi connectivity index (χ2n) is 8.29. The second-order valence-corrected chi connectivity index (χ2v) is 8.29. The molecule has 1 atom stereocenters. The fourth-order valence-electron chi connectivity index (χ4n) is 5.27. The van der Waals surface area contributed by atoms with Gasteiger partial charge in [-0.05, 0) is 50.8 Å². The van der Waals surface area contributed by atoms with Gasteiger partial charge in [0.15, 0.2) is 11.7 Å². The van der Waals surface area contributed by atoms with E-state index in [0.717, 1.165) is 28.9 Å². The van der Waals surface area contributed by atoms with Crippen LogP contribution >= 0.6 is 0 Å². The Kier molecular flexibility index (Phi) is 3.54. The fraction of sp³-hybridized carbons (Fsp3) is 0.500. The first kappa shape index (κ1) is 16.1. The largest absolute Gasteiger partial charge is 0.435 e. The van der Waals surface area contributed by atoms with Crippen molar-refractivity contribution in [1.29, 1.82) is 0 Å². The van der Waals surface area contributed by atoms with Gasteiger partial charge in [0.2, 0.25) is 5.71 Å². The number of pyridine rings is 1. The van der Waals surface area contributed by atoms with Crippen LogP contribution in [0.4, 0.5) is 5.69 Å². The number of nitrogens with zero attached hydrogens (tertiary/aromatic N) is 3. The Bertz CT molecular complexity index is 984. The number of aromatic nitrogens is 1. The molecule has 136 valence electrons. The average molecular weight is 350 g/mol. The van der Waals surface area contributed by atoms with Gasteiger partial charge < -0.3 is 13.8 Å². The summed E-state index contributed by atoms with van der Waals surface area (Å²) in [5, 5.41) is 2.32. The highest BCUT2D eigenvalue weighted by atomic mass is 16.3. The number of rotatable bonds is 1. The van der Waals surface area contributed by atoms with Crippen molar-refractivity contribution in [3.8, 4) is 0 Å². The van der Waals surface area contributed by atoms with Gasteiger partial charge in [-0.25, -0.2) is 4.98 Å². The molecule has 26 heavy (non-hydrogen) atoms. The molecular weight excluding hydrogens is 322 g/mol. The quantitative estimate of drug-likeness (QED) is 0.592. The number of fused-ring (bicyclic) bond motifs is 3. The third kappa shape index (κ3) is 2.21. The maximum absolute atomic E-state index is 6.32. The molecule has 2 fully saturated rings. The standard InChI is InChI=1S/C22H28N3O/c1-15-7-9-18-19-10-8-16(2)23-22(19)26-21(18)20(15)24-11-14-25(17(24)3)12-5-4-6-13-25/h7-10,17H,4-6,11-14H2,1-3H3/q+1. The molecule has 5 rings (SSSR count). The molecule has 2 aliphatic rings. The molecule has 2 aliphatic heterocycles. The third-order valence-electron chi connectivity index (χ3n) is 6.85. The molecule has 4 nitrogen and oxygen atoms in total. The predicted octanol–water partition coefficient (Wildman–Crippen LogP) is 4.76. The first-order valence-electron chi connectivity index (χ1n) is 10.0. The number of furan rings is 1. The van der Waals surface area contributed by atoms with Crippen molar-refractivity contribution >= 4 is 27.8 Å². The fourth-order valence-corrected chi connectivity index (χ4v) is 5.27. The van der Waals surface area contributed by atoms with E-state index in [9.17, 15) is 0 Å². The molecule has 3 aromatic rings. The molecule has 2 aromatic heterocycles. The van der Waals surface area contributed by atoms with E-state index in [2.05, 4.69) is 48.0 Å². The molecule has 0 amide bonds. The SMILES string of the molecule is Cc1ccc2c(n1)oc1c(N3CC[N+]4(CCCCC4)C3C)c(C)ccc12. The first-order chi connectivity index (χ1) is 12.6. The van der Waals surface area contributed by atoms with Gasteiger partial charge in [0.1, 0.15) is 0 Å². The van der Waals surface area contributed by atoms with Crippen LogP contribution in [0, 0.1) is 13.8 Å². The number of anilines is 1. The molecule has 1 spiro atoms. The highest BCUT2D eigenvalue weighted by molar-refractivity contribution is 6.08. The molecule has 0 bridgehead atoms. The molecule has 0 aliphatic carbocycles. The van der Waals surface area contributed by atoms with E-state index in [0.29, 0.717) is 6.17 Å². The van der Waals surface area contributed by atoms with E-state index in [1.807, 2.05) is 6.92 Å². The minimum Gasteiger partial charge on any atom is -0.435 e. The third-order valence-corrected chi connectivity index (χ3v) is 6.85. The monoisotopic (exact) mass is 350 g/mol. The molecule has 1 aromatic carbocycles. The molecule has 0 saturated carbocycles. The summed E-state index contributed by atoms with van der Waals surface area (Å²) in [4.78, 5) is 7.23. The maximum atomic E-state index is 6.32. The van der Waals surface area contributed by atoms with Crippen molar-refractivity contribution in [2.75, 3.05) is 31.1 Å². The van der Waals surface area contributed by atoms with Crippen LogP contribution < -0.4 is 4.90 Å². The Morgan fingerprint density at radius 2 is 1.77 bits per heavy atom. The van der Waals surface area contributed by atoms with Crippen molar-refractivity contribution in [2.24, 2.45) is 0 Å². The van der Waals surface area contributed by atoms with Crippen LogP contribution in [0.2, 0.25) is 0 Å². The van der Waals surface area contributed by atoms with Crippen molar-refractivity contribution in [3.05, 3.63) is 35.5 Å². The first-order valence-corrected chi connectivity index (χ1v) is 10.0. The van der Waals surface area contributed by atoms with Gasteiger partial charge in [-0.1, -0.05) is 12.1 Å². The summed E-state index contributed by atoms with van der Waals surface area (Å²) in [6.45, 7) is 11.7. The summed E-state index contributed by atoms with van der Waals surface area (Å²) in [5.41, 5.74) is 5.37. The number of piperidine rings is 1. The summed E-state index contributed by atoms with van der Waals surface area (Å²) < 4.78 is 7.58. The summed E-state index contributed by atoms with van der Waals surface area (Å²) >= 11 is 0. The van der Waals surface area contributed by atoms with Gasteiger partial charge in [0.05, 0.1) is 31.9 Å². The van der Waals surface area contributed by atoms with Crippen LogP contribution in [0.5, 0.6) is 0 Å². The Labute approximate surface area is 155 Å². The number of aryl methyl sites for hydroxylation is 2. The van der Waals surface area contributed by atoms with Crippen LogP contribution in [0.25, 0.3) is 22.1 Å². The Balaban J connectivity index is 1.66. The second kappa shape index (κ2) is 5.71. The number of hydrogen-bond donors (Lipinski definition) is 0. The van der Waals surface area contributed by atoms with E-state index in [1.54, 1.807) is 0 Å². The van der Waals surface area contributed by atoms with Crippen LogP contribution in [0.1, 0.15) is 37.4 Å². The Morgan fingerprint density at radius 1 is 1.00 bits per heavy atom. The number of hydrogen-bond acceptors (Lipinski definition) is 3. The van der Waals surface area contributed by atoms with E-state index >= 15 is 0 Å². The molecule has 1 unspecified atom stereocenters. The minimum atomic E-state index is 0.516. The van der Waals surface area contributed by atoms with Gasteiger partial charge >= 0.3 is 0 Å². The lowest BCUT2D eigenvalue weighted by atomic mass is 10.1. The Morgan fingerprint density at radius 3 is 2.58 bits per heavy atom. The maximum Gasteiger partial charge on any atom is 0.227 e. The molecule has 0 radical (unpaired) electrons. The van der Waals surface area contributed by atoms with Crippen molar-refractivity contribution in [3.63, 3.8) is 0 Å². The van der Waals surface area contributed by atoms with Crippen molar-refractivity contribution < 1.29 is 8.90 Å². The topological polar surface area (TPSA) is 29.3 Å². The molecular formula is C22H28N3O+. The lowest BCUT2D eigenvalue weighted by molar-refractivity contribution is -0.940. The molecule has 4 heteroatoms. The van der Waals surface area contributed by atoms with Crippen LogP contribution in [-0.2, 0) is 0 Å². The lowest BCUT2D eigenvalue weighted by Gasteiger charge is -2.42. The van der Waals surface area contributed by atoms with Gasteiger partial charge in [-0.15, -0.1) is 0 Å². The average Bonchev–Trinajstić information content (AvgIpc) is 3.14. The van der Waals surface area contributed by atoms with E-state index in [4.69, 9.17) is 4.42 Å². The van der Waals surface area contributed by atoms with Gasteiger partial charge in [0, 0.05) is 23.4 Å². The van der Waals surface area contributed by atoms with E-state index in [-0.39, 0.29) is 0 Å². The smallest absolute Gasteiger partial charge is 0.227 e. The zero-order chi connectivity index (χ0) is 17.9. The summed E-state index contributed by atoms with van der Waals surface area (Å²) in [7, 11) is 0. The minimum absolute atomic E-state index is 0.516. The van der Waals surface area contributed by atoms with Gasteiger partial charge in [-0.2, -0.15) is 0 Å². The van der Waals surface area contributed by atoms with Crippen LogP contribution in [0.15, 0.2) is 28.7 Å². The Hall–Kier alpha value is -2.07. The van der Waals surface area contributed by atoms with E-state index < -0.39 is 0 Å². The summed E-state index contributed by atoms with van der Waals surface area (Å²) in [6, 6.07) is 8.67. The molecule has 0 N–H and O–H groups in total. The molecule has 2 saturated heterocycles. The van der Waals surface area contributed by atoms with E-state index in [1.165, 1.54) is 60.0 Å². The summed E-state index contributed by atoms with van der Waals surface area (Å²) in [6.07, 6.45) is 4.66. The van der Waals surface area contributed by atoms with Crippen molar-refractivity contribution in [1.82, 2.24) is 4.98 Å².